The molecule has 0 aromatic carbocycles. The molecule has 108 valence electrons. The number of aromatic nitrogens is 3. The predicted octanol–water partition coefficient (Wildman–Crippen LogP) is 2.84. The molecule has 0 aliphatic carbocycles. The summed E-state index contributed by atoms with van der Waals surface area (Å²) in [6.45, 7) is 8.71. The van der Waals surface area contributed by atoms with E-state index in [1.807, 2.05) is 10.7 Å². The summed E-state index contributed by atoms with van der Waals surface area (Å²) in [5.41, 5.74) is 5.63. The lowest BCUT2D eigenvalue weighted by Crippen LogP contribution is -2.35. The van der Waals surface area contributed by atoms with Gasteiger partial charge in [0, 0.05) is 30.9 Å². The molecular weight excluding hydrogens is 250 g/mol. The monoisotopic (exact) mass is 273 g/mol. The van der Waals surface area contributed by atoms with Crippen LogP contribution in [0.15, 0.2) is 18.5 Å². The second-order valence-corrected chi connectivity index (χ2v) is 6.54. The number of hydrogen-bond acceptors (Lipinski definition) is 4. The van der Waals surface area contributed by atoms with Crippen LogP contribution in [-0.2, 0) is 5.41 Å². The molecule has 2 aromatic heterocycles. The molecular formula is C15H23N5. The molecule has 1 aliphatic heterocycles. The van der Waals surface area contributed by atoms with Gasteiger partial charge in [0.15, 0.2) is 5.82 Å². The standard InChI is InChI=1S/C15H23N5/c1-15(2,3)13-11-12-14(16-7-10-20(12)17-13)18-19-8-5-4-6-9-19/h7,10-11H,4-6,8-9H2,1-3H3,(H,16,18). The first-order valence-corrected chi connectivity index (χ1v) is 7.40. The van der Waals surface area contributed by atoms with E-state index in [9.17, 15) is 0 Å². The number of hydrogen-bond donors (Lipinski definition) is 1. The van der Waals surface area contributed by atoms with E-state index >= 15 is 0 Å². The minimum absolute atomic E-state index is 0.0500. The molecule has 0 saturated carbocycles. The fraction of sp³-hybridized carbons (Fsp3) is 0.600. The summed E-state index contributed by atoms with van der Waals surface area (Å²) in [6, 6.07) is 2.14. The molecule has 0 unspecified atom stereocenters. The van der Waals surface area contributed by atoms with Crippen molar-refractivity contribution in [2.24, 2.45) is 0 Å². The lowest BCUT2D eigenvalue weighted by molar-refractivity contribution is 0.272. The van der Waals surface area contributed by atoms with E-state index in [2.05, 4.69) is 47.4 Å². The quantitative estimate of drug-likeness (QED) is 0.914. The number of piperidine rings is 1. The predicted molar refractivity (Wildman–Crippen MR) is 80.7 cm³/mol. The zero-order valence-electron chi connectivity index (χ0n) is 12.6. The van der Waals surface area contributed by atoms with E-state index in [1.165, 1.54) is 19.3 Å². The van der Waals surface area contributed by atoms with Crippen LogP contribution in [0.4, 0.5) is 5.82 Å². The Bertz CT molecular complexity index is 590. The van der Waals surface area contributed by atoms with Crippen molar-refractivity contribution in [3.05, 3.63) is 24.2 Å². The molecule has 1 aliphatic rings. The Labute approximate surface area is 120 Å². The van der Waals surface area contributed by atoms with Gasteiger partial charge in [-0.1, -0.05) is 27.2 Å². The van der Waals surface area contributed by atoms with Crippen molar-refractivity contribution in [2.45, 2.75) is 45.4 Å². The molecule has 0 bridgehead atoms. The first-order chi connectivity index (χ1) is 9.54. The fourth-order valence-corrected chi connectivity index (χ4v) is 2.53. The smallest absolute Gasteiger partial charge is 0.166 e. The Balaban J connectivity index is 1.92. The maximum atomic E-state index is 4.66. The fourth-order valence-electron chi connectivity index (χ4n) is 2.53. The molecule has 3 rings (SSSR count). The van der Waals surface area contributed by atoms with Crippen molar-refractivity contribution in [3.8, 4) is 0 Å². The van der Waals surface area contributed by atoms with Gasteiger partial charge in [-0.25, -0.2) is 14.5 Å². The normalized spacial score (nSPS) is 17.6. The van der Waals surface area contributed by atoms with Crippen LogP contribution in [0, 0.1) is 0 Å². The average molecular weight is 273 g/mol. The maximum Gasteiger partial charge on any atom is 0.166 e. The van der Waals surface area contributed by atoms with Crippen LogP contribution in [0.5, 0.6) is 0 Å². The van der Waals surface area contributed by atoms with Crippen molar-refractivity contribution in [2.75, 3.05) is 18.5 Å². The van der Waals surface area contributed by atoms with Crippen molar-refractivity contribution < 1.29 is 0 Å². The molecule has 0 radical (unpaired) electrons. The Kier molecular flexibility index (Phi) is 3.38. The first-order valence-electron chi connectivity index (χ1n) is 7.40. The molecule has 5 nitrogen and oxygen atoms in total. The van der Waals surface area contributed by atoms with Gasteiger partial charge in [-0.3, -0.25) is 0 Å². The zero-order chi connectivity index (χ0) is 14.2. The van der Waals surface area contributed by atoms with Gasteiger partial charge < -0.3 is 5.43 Å². The third-order valence-electron chi connectivity index (χ3n) is 3.78. The molecule has 3 heterocycles. The summed E-state index contributed by atoms with van der Waals surface area (Å²) in [6.07, 6.45) is 7.55. The Morgan fingerprint density at radius 1 is 1.15 bits per heavy atom. The molecule has 1 N–H and O–H groups in total. The molecule has 2 aromatic rings. The van der Waals surface area contributed by atoms with Crippen LogP contribution in [0.2, 0.25) is 0 Å². The Morgan fingerprint density at radius 2 is 1.90 bits per heavy atom. The van der Waals surface area contributed by atoms with Crippen LogP contribution in [0.3, 0.4) is 0 Å². The van der Waals surface area contributed by atoms with Crippen molar-refractivity contribution in [1.29, 1.82) is 0 Å². The van der Waals surface area contributed by atoms with E-state index < -0.39 is 0 Å². The van der Waals surface area contributed by atoms with Gasteiger partial charge >= 0.3 is 0 Å². The topological polar surface area (TPSA) is 45.5 Å². The summed E-state index contributed by atoms with van der Waals surface area (Å²) >= 11 is 0. The van der Waals surface area contributed by atoms with Crippen molar-refractivity contribution >= 4 is 11.3 Å². The summed E-state index contributed by atoms with van der Waals surface area (Å²) in [5, 5.41) is 6.92. The van der Waals surface area contributed by atoms with Gasteiger partial charge in [-0.05, 0) is 18.9 Å². The largest absolute Gasteiger partial charge is 0.301 e. The number of rotatable bonds is 2. The van der Waals surface area contributed by atoms with Gasteiger partial charge in [0.2, 0.25) is 0 Å². The summed E-state index contributed by atoms with van der Waals surface area (Å²) in [4.78, 5) is 4.48. The van der Waals surface area contributed by atoms with Crippen LogP contribution >= 0.6 is 0 Å². The molecule has 0 spiro atoms. The summed E-state index contributed by atoms with van der Waals surface area (Å²) < 4.78 is 1.92. The molecule has 0 atom stereocenters. The number of fused-ring (bicyclic) bond motifs is 1. The molecule has 1 fully saturated rings. The zero-order valence-corrected chi connectivity index (χ0v) is 12.6. The molecule has 1 saturated heterocycles. The van der Waals surface area contributed by atoms with Gasteiger partial charge in [-0.15, -0.1) is 0 Å². The van der Waals surface area contributed by atoms with Crippen LogP contribution in [0.25, 0.3) is 5.52 Å². The van der Waals surface area contributed by atoms with Crippen LogP contribution < -0.4 is 5.43 Å². The summed E-state index contributed by atoms with van der Waals surface area (Å²) in [7, 11) is 0. The number of anilines is 1. The van der Waals surface area contributed by atoms with E-state index in [0.29, 0.717) is 0 Å². The van der Waals surface area contributed by atoms with E-state index in [4.69, 9.17) is 0 Å². The average Bonchev–Trinajstić information content (AvgIpc) is 2.85. The second kappa shape index (κ2) is 5.05. The Morgan fingerprint density at radius 3 is 2.60 bits per heavy atom. The lowest BCUT2D eigenvalue weighted by atomic mass is 9.92. The molecule has 20 heavy (non-hydrogen) atoms. The number of nitrogens with one attached hydrogen (secondary N) is 1. The SMILES string of the molecule is CC(C)(C)c1cc2c(NN3CCCCC3)nccn2n1. The molecule has 5 heteroatoms. The minimum atomic E-state index is 0.0500. The molecule has 0 amide bonds. The number of hydrazine groups is 1. The second-order valence-electron chi connectivity index (χ2n) is 6.54. The van der Waals surface area contributed by atoms with Gasteiger partial charge in [-0.2, -0.15) is 5.10 Å². The highest BCUT2D eigenvalue weighted by molar-refractivity contribution is 5.67. The van der Waals surface area contributed by atoms with Gasteiger partial charge in [0.05, 0.1) is 5.69 Å². The minimum Gasteiger partial charge on any atom is -0.301 e. The van der Waals surface area contributed by atoms with Gasteiger partial charge in [0.25, 0.3) is 0 Å². The van der Waals surface area contributed by atoms with Crippen molar-refractivity contribution in [1.82, 2.24) is 19.6 Å². The summed E-state index contributed by atoms with van der Waals surface area (Å²) in [5.74, 6) is 0.900. The first kappa shape index (κ1) is 13.4. The van der Waals surface area contributed by atoms with Crippen molar-refractivity contribution in [3.63, 3.8) is 0 Å². The van der Waals surface area contributed by atoms with E-state index in [-0.39, 0.29) is 5.41 Å². The lowest BCUT2D eigenvalue weighted by Gasteiger charge is -2.27. The van der Waals surface area contributed by atoms with Crippen LogP contribution in [-0.4, -0.2) is 32.7 Å². The van der Waals surface area contributed by atoms with E-state index in [0.717, 1.165) is 30.1 Å². The third-order valence-corrected chi connectivity index (χ3v) is 3.78. The maximum absolute atomic E-state index is 4.66. The highest BCUT2D eigenvalue weighted by Gasteiger charge is 2.20. The highest BCUT2D eigenvalue weighted by Crippen LogP contribution is 2.25. The number of nitrogens with zero attached hydrogens (tertiary/aromatic N) is 4. The van der Waals surface area contributed by atoms with Crippen LogP contribution in [0.1, 0.15) is 45.7 Å². The third kappa shape index (κ3) is 2.63. The van der Waals surface area contributed by atoms with Gasteiger partial charge in [0.1, 0.15) is 5.52 Å². The van der Waals surface area contributed by atoms with E-state index in [1.54, 1.807) is 6.20 Å². The Hall–Kier alpha value is -1.62. The highest BCUT2D eigenvalue weighted by atomic mass is 15.5.